The predicted molar refractivity (Wildman–Crippen MR) is 115 cm³/mol. The zero-order valence-electron chi connectivity index (χ0n) is 16.5. The SMILES string of the molecule is Cc1ccc(NC(=O)COC(=O)[C@@H]2CC(=O)N(NC(=O)c3ccc(Cl)cc3Cl)C2)cc1. The molecule has 3 amide bonds. The first-order valence-corrected chi connectivity index (χ1v) is 10.1. The molecule has 1 aliphatic heterocycles. The van der Waals surface area contributed by atoms with E-state index in [1.807, 2.05) is 19.1 Å². The van der Waals surface area contributed by atoms with Crippen molar-refractivity contribution in [1.82, 2.24) is 10.4 Å². The molecule has 2 N–H and O–H groups in total. The second-order valence-electron chi connectivity index (χ2n) is 6.99. The number of carbonyl (C=O) groups excluding carboxylic acids is 4. The summed E-state index contributed by atoms with van der Waals surface area (Å²) < 4.78 is 5.02. The Morgan fingerprint density at radius 2 is 1.84 bits per heavy atom. The van der Waals surface area contributed by atoms with E-state index in [1.165, 1.54) is 18.2 Å². The van der Waals surface area contributed by atoms with Crippen LogP contribution >= 0.6 is 23.2 Å². The fourth-order valence-corrected chi connectivity index (χ4v) is 3.41. The summed E-state index contributed by atoms with van der Waals surface area (Å²) in [6.45, 7) is 1.37. The maximum atomic E-state index is 12.4. The maximum Gasteiger partial charge on any atom is 0.311 e. The Labute approximate surface area is 188 Å². The molecule has 10 heteroatoms. The Bertz CT molecular complexity index is 1030. The number of amides is 3. The summed E-state index contributed by atoms with van der Waals surface area (Å²) in [4.78, 5) is 48.7. The Morgan fingerprint density at radius 3 is 2.52 bits per heavy atom. The summed E-state index contributed by atoms with van der Waals surface area (Å²) in [5, 5.41) is 4.15. The second kappa shape index (κ2) is 9.80. The number of hydrogen-bond donors (Lipinski definition) is 2. The molecule has 1 aliphatic rings. The van der Waals surface area contributed by atoms with E-state index >= 15 is 0 Å². The third kappa shape index (κ3) is 5.96. The summed E-state index contributed by atoms with van der Waals surface area (Å²) in [5.41, 5.74) is 4.19. The van der Waals surface area contributed by atoms with E-state index in [0.29, 0.717) is 10.7 Å². The van der Waals surface area contributed by atoms with Crippen molar-refractivity contribution < 1.29 is 23.9 Å². The van der Waals surface area contributed by atoms with Gasteiger partial charge in [0.25, 0.3) is 11.8 Å². The molecule has 0 saturated carbocycles. The first-order valence-electron chi connectivity index (χ1n) is 9.32. The van der Waals surface area contributed by atoms with Gasteiger partial charge in [0.15, 0.2) is 6.61 Å². The average Bonchev–Trinajstić information content (AvgIpc) is 3.08. The van der Waals surface area contributed by atoms with Crippen molar-refractivity contribution in [2.45, 2.75) is 13.3 Å². The number of anilines is 1. The fraction of sp³-hybridized carbons (Fsp3) is 0.238. The number of nitrogens with zero attached hydrogens (tertiary/aromatic N) is 1. The summed E-state index contributed by atoms with van der Waals surface area (Å²) in [6, 6.07) is 11.5. The van der Waals surface area contributed by atoms with Crippen molar-refractivity contribution in [3.05, 3.63) is 63.6 Å². The van der Waals surface area contributed by atoms with Crippen molar-refractivity contribution in [3.8, 4) is 0 Å². The van der Waals surface area contributed by atoms with Gasteiger partial charge in [-0.05, 0) is 37.3 Å². The molecular weight excluding hydrogens is 445 g/mol. The highest BCUT2D eigenvalue weighted by atomic mass is 35.5. The van der Waals surface area contributed by atoms with Gasteiger partial charge in [-0.2, -0.15) is 0 Å². The van der Waals surface area contributed by atoms with Crippen LogP contribution in [0.3, 0.4) is 0 Å². The number of rotatable bonds is 6. The van der Waals surface area contributed by atoms with Crippen molar-refractivity contribution in [1.29, 1.82) is 0 Å². The lowest BCUT2D eigenvalue weighted by Gasteiger charge is -2.18. The number of aryl methyl sites for hydroxylation is 1. The molecule has 3 rings (SSSR count). The van der Waals surface area contributed by atoms with Crippen LogP contribution in [0.15, 0.2) is 42.5 Å². The van der Waals surface area contributed by atoms with Gasteiger partial charge in [-0.25, -0.2) is 0 Å². The van der Waals surface area contributed by atoms with E-state index in [4.69, 9.17) is 27.9 Å². The van der Waals surface area contributed by atoms with Gasteiger partial charge in [-0.15, -0.1) is 0 Å². The number of esters is 1. The highest BCUT2D eigenvalue weighted by Gasteiger charge is 2.37. The van der Waals surface area contributed by atoms with Crippen LogP contribution in [0.1, 0.15) is 22.3 Å². The third-order valence-electron chi connectivity index (χ3n) is 4.55. The molecular formula is C21H19Cl2N3O5. The zero-order valence-corrected chi connectivity index (χ0v) is 18.0. The highest BCUT2D eigenvalue weighted by molar-refractivity contribution is 6.36. The normalized spacial score (nSPS) is 15.5. The maximum absolute atomic E-state index is 12.4. The smallest absolute Gasteiger partial charge is 0.311 e. The topological polar surface area (TPSA) is 105 Å². The lowest BCUT2D eigenvalue weighted by atomic mass is 10.1. The van der Waals surface area contributed by atoms with Crippen molar-refractivity contribution in [2.75, 3.05) is 18.5 Å². The molecule has 0 unspecified atom stereocenters. The molecule has 1 fully saturated rings. The summed E-state index contributed by atoms with van der Waals surface area (Å²) in [6.07, 6.45) is -0.146. The van der Waals surface area contributed by atoms with Crippen molar-refractivity contribution in [3.63, 3.8) is 0 Å². The number of halogens is 2. The van der Waals surface area contributed by atoms with E-state index in [9.17, 15) is 19.2 Å². The number of nitrogens with one attached hydrogen (secondary N) is 2. The van der Waals surface area contributed by atoms with Gasteiger partial charge >= 0.3 is 5.97 Å². The zero-order chi connectivity index (χ0) is 22.5. The largest absolute Gasteiger partial charge is 0.455 e. The van der Waals surface area contributed by atoms with Crippen molar-refractivity contribution in [2.24, 2.45) is 5.92 Å². The highest BCUT2D eigenvalue weighted by Crippen LogP contribution is 2.22. The van der Waals surface area contributed by atoms with Crippen LogP contribution in [0.2, 0.25) is 10.0 Å². The number of benzene rings is 2. The summed E-state index contributed by atoms with van der Waals surface area (Å²) in [5.74, 6) is -3.07. The van der Waals surface area contributed by atoms with Gasteiger partial charge in [-0.1, -0.05) is 40.9 Å². The lowest BCUT2D eigenvalue weighted by molar-refractivity contribution is -0.151. The fourth-order valence-electron chi connectivity index (χ4n) is 2.92. The van der Waals surface area contributed by atoms with E-state index in [2.05, 4.69) is 10.7 Å². The van der Waals surface area contributed by atoms with Gasteiger partial charge < -0.3 is 10.1 Å². The second-order valence-corrected chi connectivity index (χ2v) is 7.84. The number of ether oxygens (including phenoxy) is 1. The van der Waals surface area contributed by atoms with Crippen molar-refractivity contribution >= 4 is 52.6 Å². The number of hydrazine groups is 1. The number of carbonyl (C=O) groups is 4. The van der Waals surface area contributed by atoms with E-state index < -0.39 is 36.2 Å². The predicted octanol–water partition coefficient (Wildman–Crippen LogP) is 2.98. The number of hydrogen-bond acceptors (Lipinski definition) is 5. The van der Waals surface area contributed by atoms with Gasteiger partial charge in [0.2, 0.25) is 5.91 Å². The first-order chi connectivity index (χ1) is 14.7. The van der Waals surface area contributed by atoms with Crippen LogP contribution in [-0.2, 0) is 19.1 Å². The Kier molecular flexibility index (Phi) is 7.14. The van der Waals surface area contributed by atoms with Crippen LogP contribution in [0.5, 0.6) is 0 Å². The van der Waals surface area contributed by atoms with Crippen LogP contribution in [-0.4, -0.2) is 41.9 Å². The van der Waals surface area contributed by atoms with Gasteiger partial charge in [-0.3, -0.25) is 29.6 Å². The molecule has 1 heterocycles. The molecule has 2 aromatic carbocycles. The quantitative estimate of drug-likeness (QED) is 0.640. The standard InChI is InChI=1S/C21H19Cl2N3O5/c1-12-2-5-15(6-3-12)24-18(27)11-31-21(30)13-8-19(28)26(10-13)25-20(29)16-7-4-14(22)9-17(16)23/h2-7,9,13H,8,10-11H2,1H3,(H,24,27)(H,25,29)/t13-/m1/s1. The minimum atomic E-state index is -0.805. The summed E-state index contributed by atoms with van der Waals surface area (Å²) in [7, 11) is 0. The Balaban J connectivity index is 1.49. The Morgan fingerprint density at radius 1 is 1.13 bits per heavy atom. The van der Waals surface area contributed by atoms with Crippen LogP contribution in [0.25, 0.3) is 0 Å². The van der Waals surface area contributed by atoms with Gasteiger partial charge in [0.1, 0.15) is 0 Å². The van der Waals surface area contributed by atoms with Gasteiger partial charge in [0, 0.05) is 17.1 Å². The first kappa shape index (κ1) is 22.6. The monoisotopic (exact) mass is 463 g/mol. The molecule has 0 aliphatic carbocycles. The molecule has 162 valence electrons. The van der Waals surface area contributed by atoms with Crippen LogP contribution < -0.4 is 10.7 Å². The average molecular weight is 464 g/mol. The van der Waals surface area contributed by atoms with Crippen LogP contribution in [0.4, 0.5) is 5.69 Å². The minimum absolute atomic E-state index is 0.0752. The summed E-state index contributed by atoms with van der Waals surface area (Å²) >= 11 is 11.8. The van der Waals surface area contributed by atoms with Gasteiger partial charge in [0.05, 0.1) is 23.0 Å². The molecule has 0 spiro atoms. The molecule has 31 heavy (non-hydrogen) atoms. The molecule has 0 radical (unpaired) electrons. The minimum Gasteiger partial charge on any atom is -0.455 e. The van der Waals surface area contributed by atoms with E-state index in [0.717, 1.165) is 10.6 Å². The lowest BCUT2D eigenvalue weighted by Crippen LogP contribution is -2.43. The molecule has 2 aromatic rings. The van der Waals surface area contributed by atoms with Crippen LogP contribution in [0, 0.1) is 12.8 Å². The molecule has 0 bridgehead atoms. The molecule has 0 aromatic heterocycles. The molecule has 1 saturated heterocycles. The van der Waals surface area contributed by atoms with E-state index in [-0.39, 0.29) is 23.6 Å². The van der Waals surface area contributed by atoms with E-state index in [1.54, 1.807) is 12.1 Å². The molecule has 8 nitrogen and oxygen atoms in total. The molecule has 1 atom stereocenters. The Hall–Kier alpha value is -3.10. The third-order valence-corrected chi connectivity index (χ3v) is 5.10.